The monoisotopic (exact) mass is 307 g/mol. The third-order valence-electron chi connectivity index (χ3n) is 2.37. The maximum absolute atomic E-state index is 11.4. The van der Waals surface area contributed by atoms with Gasteiger partial charge in [-0.3, -0.25) is 4.79 Å². The molecule has 0 saturated heterocycles. The molecule has 1 amide bonds. The zero-order chi connectivity index (χ0) is 16.7. The van der Waals surface area contributed by atoms with Gasteiger partial charge in [0.05, 0.1) is 6.54 Å². The molecule has 0 atom stereocenters. The zero-order valence-electron chi connectivity index (χ0n) is 11.7. The summed E-state index contributed by atoms with van der Waals surface area (Å²) in [4.78, 5) is 22.5. The molecule has 21 heavy (non-hydrogen) atoms. The highest BCUT2D eigenvalue weighted by Gasteiger charge is 2.33. The first kappa shape index (κ1) is 19.5. The summed E-state index contributed by atoms with van der Waals surface area (Å²) >= 11 is 0. The average molecular weight is 307 g/mol. The van der Waals surface area contributed by atoms with Gasteiger partial charge < -0.3 is 35.6 Å². The summed E-state index contributed by atoms with van der Waals surface area (Å²) in [7, 11) is 0. The quantitative estimate of drug-likeness (QED) is 0.120. The van der Waals surface area contributed by atoms with Gasteiger partial charge >= 0.3 is 5.97 Å². The summed E-state index contributed by atoms with van der Waals surface area (Å²) in [6, 6.07) is 0. The van der Waals surface area contributed by atoms with Gasteiger partial charge in [-0.05, 0) is 13.3 Å². The Bertz CT molecular complexity index is 385. The topological polar surface area (TPSA) is 157 Å². The molecule has 0 aromatic heterocycles. The molecular weight excluding hydrogens is 286 g/mol. The van der Waals surface area contributed by atoms with Crippen LogP contribution in [0.3, 0.4) is 0 Å². The molecule has 0 aliphatic carbocycles. The molecule has 0 radical (unpaired) electrons. The fourth-order valence-corrected chi connectivity index (χ4v) is 1.26. The largest absolute Gasteiger partial charge is 0.460 e. The van der Waals surface area contributed by atoms with Gasteiger partial charge in [0.2, 0.25) is 5.79 Å². The van der Waals surface area contributed by atoms with Crippen molar-refractivity contribution in [2.45, 2.75) is 37.9 Å². The van der Waals surface area contributed by atoms with Crippen LogP contribution in [0.1, 0.15) is 26.2 Å². The molecule has 0 fully saturated rings. The van der Waals surface area contributed by atoms with E-state index >= 15 is 0 Å². The Morgan fingerprint density at radius 3 is 2.19 bits per heavy atom. The first-order valence-electron chi connectivity index (χ1n) is 6.18. The summed E-state index contributed by atoms with van der Waals surface area (Å²) < 4.78 is 4.68. The smallest absolute Gasteiger partial charge is 0.333 e. The molecule has 0 rings (SSSR count). The first-order chi connectivity index (χ1) is 9.46. The summed E-state index contributed by atoms with van der Waals surface area (Å²) in [5.74, 6) is -7.42. The van der Waals surface area contributed by atoms with Crippen molar-refractivity contribution in [2.24, 2.45) is 0 Å². The average Bonchev–Trinajstić information content (AvgIpc) is 2.31. The Hall–Kier alpha value is -1.52. The normalized spacial score (nSPS) is 11.9. The van der Waals surface area contributed by atoms with Gasteiger partial charge in [-0.15, -0.1) is 0 Å². The lowest BCUT2D eigenvalue weighted by Gasteiger charge is -2.22. The molecule has 0 saturated carbocycles. The number of hydrogen-bond acceptors (Lipinski definition) is 8. The van der Waals surface area contributed by atoms with Crippen molar-refractivity contribution >= 4 is 11.9 Å². The lowest BCUT2D eigenvalue weighted by Crippen LogP contribution is -2.48. The molecule has 0 aromatic carbocycles. The van der Waals surface area contributed by atoms with Crippen molar-refractivity contribution < 1.29 is 39.9 Å². The molecule has 0 spiro atoms. The molecule has 0 aromatic rings. The maximum atomic E-state index is 11.4. The molecule has 9 nitrogen and oxygen atoms in total. The maximum Gasteiger partial charge on any atom is 0.333 e. The number of carbonyl (C=O) groups excluding carboxylic acids is 2. The minimum absolute atomic E-state index is 0.134. The number of nitrogens with one attached hydrogen (secondary N) is 1. The van der Waals surface area contributed by atoms with Gasteiger partial charge in [0.1, 0.15) is 6.61 Å². The van der Waals surface area contributed by atoms with Crippen molar-refractivity contribution in [3.63, 3.8) is 0 Å². The lowest BCUT2D eigenvalue weighted by atomic mass is 10.1. The van der Waals surface area contributed by atoms with Crippen molar-refractivity contribution in [3.8, 4) is 0 Å². The number of aliphatic hydroxyl groups is 5. The van der Waals surface area contributed by atoms with Gasteiger partial charge in [0, 0.05) is 18.4 Å². The lowest BCUT2D eigenvalue weighted by molar-refractivity contribution is -0.316. The predicted octanol–water partition coefficient (Wildman–Crippen LogP) is -2.30. The minimum Gasteiger partial charge on any atom is -0.460 e. The van der Waals surface area contributed by atoms with Gasteiger partial charge in [-0.25, -0.2) is 4.79 Å². The molecule has 0 unspecified atom stereocenters. The van der Waals surface area contributed by atoms with Crippen molar-refractivity contribution in [2.75, 3.05) is 13.2 Å². The first-order valence-corrected chi connectivity index (χ1v) is 6.18. The van der Waals surface area contributed by atoms with E-state index in [0.717, 1.165) is 0 Å². The highest BCUT2D eigenvalue weighted by Crippen LogP contribution is 2.14. The molecule has 6 N–H and O–H groups in total. The Kier molecular flexibility index (Phi) is 7.47. The summed E-state index contributed by atoms with van der Waals surface area (Å²) in [6.07, 6.45) is -1.30. The van der Waals surface area contributed by atoms with E-state index in [1.165, 1.54) is 6.92 Å². The molecule has 0 heterocycles. The predicted molar refractivity (Wildman–Crippen MR) is 69.2 cm³/mol. The van der Waals surface area contributed by atoms with E-state index in [2.05, 4.69) is 16.6 Å². The fraction of sp³-hybridized carbons (Fsp3) is 0.667. The van der Waals surface area contributed by atoms with Crippen LogP contribution < -0.4 is 5.32 Å². The highest BCUT2D eigenvalue weighted by atomic mass is 16.7. The summed E-state index contributed by atoms with van der Waals surface area (Å²) in [5.41, 5.74) is 0.195. The second kappa shape index (κ2) is 8.05. The second-order valence-electron chi connectivity index (χ2n) is 4.62. The van der Waals surface area contributed by atoms with Crippen LogP contribution in [0.4, 0.5) is 0 Å². The van der Waals surface area contributed by atoms with Crippen molar-refractivity contribution in [1.82, 2.24) is 5.32 Å². The summed E-state index contributed by atoms with van der Waals surface area (Å²) in [6.45, 7) is 4.51. The van der Waals surface area contributed by atoms with E-state index in [0.29, 0.717) is 0 Å². The van der Waals surface area contributed by atoms with Crippen LogP contribution >= 0.6 is 0 Å². The molecule has 0 aliphatic heterocycles. The van der Waals surface area contributed by atoms with E-state index in [4.69, 9.17) is 15.3 Å². The Balaban J connectivity index is 4.02. The third kappa shape index (κ3) is 9.10. The Morgan fingerprint density at radius 2 is 1.71 bits per heavy atom. The fourth-order valence-electron chi connectivity index (χ4n) is 1.26. The second-order valence-corrected chi connectivity index (χ2v) is 4.62. The zero-order valence-corrected chi connectivity index (χ0v) is 11.7. The number of rotatable bonds is 9. The number of hydrogen-bond donors (Lipinski definition) is 6. The van der Waals surface area contributed by atoms with Crippen LogP contribution in [0.2, 0.25) is 0 Å². The Labute approximate surface area is 121 Å². The van der Waals surface area contributed by atoms with E-state index < -0.39 is 36.5 Å². The standard InChI is InChI=1S/C12H21NO8/c1-8(2)9(14)21-7-6-13-10(15)11(16,17)4-3-5-12(18,19)20/h16-20H,1,3-7H2,2H3,(H,13,15). The van der Waals surface area contributed by atoms with Crippen LogP contribution in [-0.2, 0) is 14.3 Å². The van der Waals surface area contributed by atoms with Crippen LogP contribution in [0.25, 0.3) is 0 Å². The van der Waals surface area contributed by atoms with E-state index in [-0.39, 0.29) is 25.1 Å². The van der Waals surface area contributed by atoms with Crippen LogP contribution in [-0.4, -0.2) is 62.3 Å². The van der Waals surface area contributed by atoms with Crippen molar-refractivity contribution in [1.29, 1.82) is 0 Å². The van der Waals surface area contributed by atoms with Crippen LogP contribution in [0.15, 0.2) is 12.2 Å². The number of amides is 1. The summed E-state index contributed by atoms with van der Waals surface area (Å²) in [5, 5.41) is 46.9. The third-order valence-corrected chi connectivity index (χ3v) is 2.37. The Morgan fingerprint density at radius 1 is 1.14 bits per heavy atom. The molecular formula is C12H21NO8. The highest BCUT2D eigenvalue weighted by molar-refractivity contribution is 5.87. The number of ether oxygens (including phenoxy) is 1. The van der Waals surface area contributed by atoms with E-state index in [1.807, 2.05) is 0 Å². The molecule has 0 aliphatic rings. The van der Waals surface area contributed by atoms with E-state index in [1.54, 1.807) is 0 Å². The molecule has 9 heteroatoms. The van der Waals surface area contributed by atoms with Gasteiger partial charge in [0.25, 0.3) is 11.9 Å². The van der Waals surface area contributed by atoms with E-state index in [9.17, 15) is 19.8 Å². The van der Waals surface area contributed by atoms with Crippen molar-refractivity contribution in [3.05, 3.63) is 12.2 Å². The van der Waals surface area contributed by atoms with Gasteiger partial charge in [0.15, 0.2) is 0 Å². The molecule has 0 bridgehead atoms. The minimum atomic E-state index is -2.93. The van der Waals surface area contributed by atoms with Gasteiger partial charge in [-0.2, -0.15) is 0 Å². The van der Waals surface area contributed by atoms with Crippen LogP contribution in [0, 0.1) is 0 Å². The SMILES string of the molecule is C=C(C)C(=O)OCCNC(=O)C(O)(O)CCCC(O)(O)O. The van der Waals surface area contributed by atoms with Crippen LogP contribution in [0.5, 0.6) is 0 Å². The van der Waals surface area contributed by atoms with Gasteiger partial charge in [-0.1, -0.05) is 6.58 Å². The number of carbonyl (C=O) groups is 2. The molecule has 122 valence electrons. The number of esters is 1.